The highest BCUT2D eigenvalue weighted by atomic mass is 16.5. The normalized spacial score (nSPS) is 17.2. The summed E-state index contributed by atoms with van der Waals surface area (Å²) in [4.78, 5) is 34.1. The number of H-pyrrole nitrogens is 1. The Bertz CT molecular complexity index is 1340. The molecule has 5 rings (SSSR count). The fourth-order valence-electron chi connectivity index (χ4n) is 5.98. The molecule has 0 aliphatic carbocycles. The van der Waals surface area contributed by atoms with Crippen LogP contribution in [-0.4, -0.2) is 76.3 Å². The van der Waals surface area contributed by atoms with E-state index in [1.54, 1.807) is 12.4 Å². The van der Waals surface area contributed by atoms with Crippen LogP contribution in [0.15, 0.2) is 42.7 Å². The van der Waals surface area contributed by atoms with Gasteiger partial charge in [-0.05, 0) is 83.2 Å². The smallest absolute Gasteiger partial charge is 0.317 e. The van der Waals surface area contributed by atoms with Gasteiger partial charge in [0.15, 0.2) is 0 Å². The van der Waals surface area contributed by atoms with Gasteiger partial charge < -0.3 is 19.9 Å². The third-order valence-electron chi connectivity index (χ3n) is 8.19. The molecule has 4 heterocycles. The molecule has 1 unspecified atom stereocenters. The number of nitrogens with zero attached hydrogens (tertiary/aromatic N) is 4. The third-order valence-corrected chi connectivity index (χ3v) is 8.19. The summed E-state index contributed by atoms with van der Waals surface area (Å²) >= 11 is 0. The van der Waals surface area contributed by atoms with Gasteiger partial charge in [0.1, 0.15) is 6.61 Å². The lowest BCUT2D eigenvalue weighted by Gasteiger charge is -2.28. The van der Waals surface area contributed by atoms with E-state index < -0.39 is 5.41 Å². The number of hydrogen-bond acceptors (Lipinski definition) is 5. The summed E-state index contributed by atoms with van der Waals surface area (Å²) in [6.07, 6.45) is 7.21. The molecule has 2 saturated heterocycles. The highest BCUT2D eigenvalue weighted by Crippen LogP contribution is 2.32. The Morgan fingerprint density at radius 1 is 1.05 bits per heavy atom. The summed E-state index contributed by atoms with van der Waals surface area (Å²) in [6.45, 7) is 11.7. The van der Waals surface area contributed by atoms with Gasteiger partial charge >= 0.3 is 6.03 Å². The van der Waals surface area contributed by atoms with Crippen LogP contribution in [0.5, 0.6) is 5.88 Å². The maximum absolute atomic E-state index is 13.1. The third kappa shape index (κ3) is 6.72. The molecule has 0 saturated carbocycles. The number of pyridine rings is 1. The molecule has 2 fully saturated rings. The maximum Gasteiger partial charge on any atom is 0.317 e. The summed E-state index contributed by atoms with van der Waals surface area (Å²) in [5.41, 5.74) is 5.67. The van der Waals surface area contributed by atoms with E-state index in [-0.39, 0.29) is 18.5 Å². The number of benzene rings is 1. The van der Waals surface area contributed by atoms with E-state index in [1.807, 2.05) is 35.8 Å². The van der Waals surface area contributed by atoms with Crippen LogP contribution >= 0.6 is 0 Å². The van der Waals surface area contributed by atoms with Crippen molar-refractivity contribution in [2.24, 2.45) is 5.41 Å². The maximum atomic E-state index is 13.1. The van der Waals surface area contributed by atoms with Crippen molar-refractivity contribution >= 4 is 11.9 Å². The largest absolute Gasteiger partial charge is 0.475 e. The molecule has 3 amide bonds. The van der Waals surface area contributed by atoms with E-state index in [4.69, 9.17) is 4.74 Å². The summed E-state index contributed by atoms with van der Waals surface area (Å²) in [5, 5.41) is 10.8. The van der Waals surface area contributed by atoms with E-state index in [9.17, 15) is 9.59 Å². The van der Waals surface area contributed by atoms with Crippen LogP contribution in [0.25, 0.3) is 11.3 Å². The highest BCUT2D eigenvalue weighted by molar-refractivity contribution is 5.82. The molecule has 0 bridgehead atoms. The molecule has 9 nitrogen and oxygen atoms in total. The van der Waals surface area contributed by atoms with Gasteiger partial charge in [0, 0.05) is 62.2 Å². The number of amides is 3. The molecule has 3 aromatic rings. The molecular weight excluding hydrogens is 516 g/mol. The zero-order valence-corrected chi connectivity index (χ0v) is 24.7. The molecule has 218 valence electrons. The minimum absolute atomic E-state index is 0.0576. The number of carbonyl (C=O) groups is 2. The van der Waals surface area contributed by atoms with Gasteiger partial charge in [0.2, 0.25) is 11.8 Å². The molecule has 9 heteroatoms. The molecule has 2 N–H and O–H groups in total. The Morgan fingerprint density at radius 3 is 2.46 bits per heavy atom. The number of carbonyl (C=O) groups excluding carboxylic acids is 2. The molecule has 1 aromatic carbocycles. The van der Waals surface area contributed by atoms with E-state index in [0.717, 1.165) is 66.8 Å². The minimum atomic E-state index is -0.671. The molecule has 2 aromatic heterocycles. The molecule has 0 radical (unpaired) electrons. The zero-order chi connectivity index (χ0) is 29.0. The lowest BCUT2D eigenvalue weighted by molar-refractivity contribution is -0.140. The van der Waals surface area contributed by atoms with Crippen molar-refractivity contribution in [2.75, 3.05) is 39.3 Å². The van der Waals surface area contributed by atoms with Crippen LogP contribution in [-0.2, 0) is 11.2 Å². The fourth-order valence-corrected chi connectivity index (χ4v) is 5.98. The second-order valence-corrected chi connectivity index (χ2v) is 12.1. The summed E-state index contributed by atoms with van der Waals surface area (Å²) in [7, 11) is 0. The first-order valence-electron chi connectivity index (χ1n) is 14.7. The molecular formula is C32H42N6O3. The van der Waals surface area contributed by atoms with Gasteiger partial charge in [-0.2, -0.15) is 0 Å². The van der Waals surface area contributed by atoms with E-state index in [0.29, 0.717) is 31.3 Å². The Hall–Kier alpha value is -3.88. The summed E-state index contributed by atoms with van der Waals surface area (Å²) in [5.74, 6) is 0.930. The Morgan fingerprint density at radius 2 is 1.76 bits per heavy atom. The quantitative estimate of drug-likeness (QED) is 0.391. The van der Waals surface area contributed by atoms with Gasteiger partial charge in [0.05, 0.1) is 11.1 Å². The zero-order valence-electron chi connectivity index (χ0n) is 24.7. The van der Waals surface area contributed by atoms with Crippen molar-refractivity contribution in [3.8, 4) is 17.1 Å². The van der Waals surface area contributed by atoms with Crippen LogP contribution in [0.2, 0.25) is 0 Å². The average molecular weight is 559 g/mol. The van der Waals surface area contributed by atoms with Crippen molar-refractivity contribution in [2.45, 2.75) is 59.3 Å². The monoisotopic (exact) mass is 558 g/mol. The van der Waals surface area contributed by atoms with Gasteiger partial charge in [-0.25, -0.2) is 4.79 Å². The number of hydrogen-bond donors (Lipinski definition) is 2. The van der Waals surface area contributed by atoms with E-state index >= 15 is 0 Å². The predicted octanol–water partition coefficient (Wildman–Crippen LogP) is 4.86. The topological polar surface area (TPSA) is 103 Å². The van der Waals surface area contributed by atoms with Gasteiger partial charge in [-0.3, -0.25) is 14.9 Å². The number of aromatic nitrogens is 3. The van der Waals surface area contributed by atoms with E-state index in [2.05, 4.69) is 52.5 Å². The molecule has 0 spiro atoms. The van der Waals surface area contributed by atoms with Gasteiger partial charge in [-0.15, -0.1) is 5.10 Å². The van der Waals surface area contributed by atoms with E-state index in [1.165, 1.54) is 5.56 Å². The number of urea groups is 1. The van der Waals surface area contributed by atoms with Crippen LogP contribution in [0.3, 0.4) is 0 Å². The van der Waals surface area contributed by atoms with Gasteiger partial charge in [-0.1, -0.05) is 17.2 Å². The SMILES string of the molecule is Cc1cc(C)cc(-c2[nH]nc(OCC(C)(C)C(=O)N3CCCC3)c2CCNC(=O)N2CCC(c3ccncc3)C2)c1. The van der Waals surface area contributed by atoms with Crippen molar-refractivity contribution < 1.29 is 14.3 Å². The average Bonchev–Trinajstić information content (AvgIpc) is 3.73. The number of likely N-dealkylation sites (tertiary alicyclic amines) is 2. The number of ether oxygens (including phenoxy) is 1. The van der Waals surface area contributed by atoms with Crippen LogP contribution in [0.1, 0.15) is 61.3 Å². The van der Waals surface area contributed by atoms with Crippen LogP contribution < -0.4 is 10.1 Å². The van der Waals surface area contributed by atoms with Crippen molar-refractivity contribution in [3.05, 3.63) is 65.0 Å². The molecule has 41 heavy (non-hydrogen) atoms. The van der Waals surface area contributed by atoms with Crippen molar-refractivity contribution in [1.82, 2.24) is 30.3 Å². The first-order valence-corrected chi connectivity index (χ1v) is 14.7. The lowest BCUT2D eigenvalue weighted by atomic mass is 9.93. The van der Waals surface area contributed by atoms with Gasteiger partial charge in [0.25, 0.3) is 0 Å². The Labute approximate surface area is 242 Å². The first kappa shape index (κ1) is 28.6. The second-order valence-electron chi connectivity index (χ2n) is 12.1. The fraction of sp³-hybridized carbons (Fsp3) is 0.500. The standard InChI is InChI=1S/C32H42N6O3/c1-22-17-23(2)19-26(18-22)28-27(29(36-35-28)41-21-32(3,4)30(39)37-14-5-6-15-37)9-13-34-31(40)38-16-10-25(20-38)24-7-11-33-12-8-24/h7-8,11-12,17-19,25H,5-6,9-10,13-16,20-21H2,1-4H3,(H,34,40)(H,35,36). The number of nitrogens with one attached hydrogen (secondary N) is 2. The molecule has 2 aliphatic rings. The first-order chi connectivity index (χ1) is 19.7. The van der Waals surface area contributed by atoms with Crippen molar-refractivity contribution in [1.29, 1.82) is 0 Å². The number of aromatic amines is 1. The Kier molecular flexibility index (Phi) is 8.61. The summed E-state index contributed by atoms with van der Waals surface area (Å²) < 4.78 is 6.25. The van der Waals surface area contributed by atoms with Crippen LogP contribution in [0.4, 0.5) is 4.79 Å². The number of rotatable bonds is 9. The molecule has 1 atom stereocenters. The molecule has 2 aliphatic heterocycles. The minimum Gasteiger partial charge on any atom is -0.475 e. The second kappa shape index (κ2) is 12.3. The van der Waals surface area contributed by atoms with Crippen LogP contribution in [0, 0.1) is 19.3 Å². The summed E-state index contributed by atoms with van der Waals surface area (Å²) in [6, 6.07) is 10.4. The highest BCUT2D eigenvalue weighted by Gasteiger charge is 2.35. The Balaban J connectivity index is 1.27. The lowest BCUT2D eigenvalue weighted by Crippen LogP contribution is -2.42. The predicted molar refractivity (Wildman–Crippen MR) is 159 cm³/mol. The van der Waals surface area contributed by atoms with Crippen molar-refractivity contribution in [3.63, 3.8) is 0 Å². The number of aryl methyl sites for hydroxylation is 2.